The first-order valence-corrected chi connectivity index (χ1v) is 4.22. The van der Waals surface area contributed by atoms with Crippen molar-refractivity contribution in [1.82, 2.24) is 4.98 Å². The van der Waals surface area contributed by atoms with Crippen LogP contribution in [0, 0.1) is 11.6 Å². The van der Waals surface area contributed by atoms with Crippen LogP contribution in [0.4, 0.5) is 33.6 Å². The molecule has 3 nitrogen and oxygen atoms in total. The smallest absolute Gasteiger partial charge is 0.381 e. The molecule has 1 aromatic rings. The molecule has 1 heterocycles. The Labute approximate surface area is 87.5 Å². The van der Waals surface area contributed by atoms with Gasteiger partial charge in [-0.15, -0.1) is 0 Å². The number of nitrogen functional groups attached to an aromatic ring is 1. The third kappa shape index (κ3) is 3.52. The first-order chi connectivity index (χ1) is 7.29. The molecule has 16 heavy (non-hydrogen) atoms. The molecule has 90 valence electrons. The van der Waals surface area contributed by atoms with Gasteiger partial charge in [0, 0.05) is 12.6 Å². The molecule has 0 atom stereocenters. The van der Waals surface area contributed by atoms with Crippen LogP contribution < -0.4 is 11.1 Å². The summed E-state index contributed by atoms with van der Waals surface area (Å²) in [5.41, 5.74) is 5.03. The van der Waals surface area contributed by atoms with Gasteiger partial charge in [0.2, 0.25) is 0 Å². The van der Waals surface area contributed by atoms with Crippen molar-refractivity contribution in [2.45, 2.75) is 12.6 Å². The summed E-state index contributed by atoms with van der Waals surface area (Å²) >= 11 is 0. The van der Waals surface area contributed by atoms with Crippen molar-refractivity contribution < 1.29 is 22.0 Å². The Bertz CT molecular complexity index is 377. The zero-order valence-corrected chi connectivity index (χ0v) is 7.91. The molecule has 0 aliphatic heterocycles. The SMILES string of the molecule is Nc1nc(NCCC(F)(F)F)c(F)cc1F. The lowest BCUT2D eigenvalue weighted by Crippen LogP contribution is -2.16. The minimum Gasteiger partial charge on any atom is -0.381 e. The minimum atomic E-state index is -4.35. The minimum absolute atomic E-state index is 0.457. The van der Waals surface area contributed by atoms with E-state index in [9.17, 15) is 22.0 Å². The second-order valence-electron chi connectivity index (χ2n) is 2.98. The van der Waals surface area contributed by atoms with Crippen molar-refractivity contribution in [3.05, 3.63) is 17.7 Å². The number of hydrogen-bond acceptors (Lipinski definition) is 3. The van der Waals surface area contributed by atoms with Crippen molar-refractivity contribution in [3.63, 3.8) is 0 Å². The van der Waals surface area contributed by atoms with Crippen molar-refractivity contribution in [1.29, 1.82) is 0 Å². The van der Waals surface area contributed by atoms with Crippen LogP contribution in [0.5, 0.6) is 0 Å². The molecule has 0 saturated carbocycles. The maximum Gasteiger partial charge on any atom is 0.390 e. The number of rotatable bonds is 3. The van der Waals surface area contributed by atoms with Crippen LogP contribution in [0.25, 0.3) is 0 Å². The molecule has 1 aromatic heterocycles. The summed E-state index contributed by atoms with van der Waals surface area (Å²) in [5, 5.41) is 2.08. The van der Waals surface area contributed by atoms with Crippen LogP contribution in [0.15, 0.2) is 6.07 Å². The largest absolute Gasteiger partial charge is 0.390 e. The highest BCUT2D eigenvalue weighted by Crippen LogP contribution is 2.20. The summed E-state index contributed by atoms with van der Waals surface area (Å²) in [6, 6.07) is 0.457. The average molecular weight is 241 g/mol. The maximum absolute atomic E-state index is 12.9. The highest BCUT2D eigenvalue weighted by molar-refractivity contribution is 5.44. The number of pyridine rings is 1. The standard InChI is InChI=1S/C8H8F5N3/c9-4-3-5(10)7(16-6(4)14)15-2-1-8(11,12)13/h3H,1-2H2,(H3,14,15,16). The van der Waals surface area contributed by atoms with Crippen LogP contribution in [-0.4, -0.2) is 17.7 Å². The highest BCUT2D eigenvalue weighted by Gasteiger charge is 2.26. The average Bonchev–Trinajstić information content (AvgIpc) is 2.11. The molecule has 0 saturated heterocycles. The molecular formula is C8H8F5N3. The second-order valence-corrected chi connectivity index (χ2v) is 2.98. The van der Waals surface area contributed by atoms with Gasteiger partial charge in [0.15, 0.2) is 23.3 Å². The van der Waals surface area contributed by atoms with Gasteiger partial charge in [0.25, 0.3) is 0 Å². The molecule has 3 N–H and O–H groups in total. The molecule has 0 radical (unpaired) electrons. The van der Waals surface area contributed by atoms with E-state index in [0.717, 1.165) is 0 Å². The van der Waals surface area contributed by atoms with E-state index < -0.39 is 42.4 Å². The first-order valence-electron chi connectivity index (χ1n) is 4.22. The van der Waals surface area contributed by atoms with Gasteiger partial charge in [0.1, 0.15) is 0 Å². The van der Waals surface area contributed by atoms with Gasteiger partial charge in [0.05, 0.1) is 6.42 Å². The van der Waals surface area contributed by atoms with Crippen LogP contribution in [-0.2, 0) is 0 Å². The Morgan fingerprint density at radius 2 is 1.88 bits per heavy atom. The molecule has 0 spiro atoms. The van der Waals surface area contributed by atoms with Crippen molar-refractivity contribution in [2.24, 2.45) is 0 Å². The van der Waals surface area contributed by atoms with Gasteiger partial charge in [-0.25, -0.2) is 13.8 Å². The van der Waals surface area contributed by atoms with Crippen LogP contribution in [0.2, 0.25) is 0 Å². The van der Waals surface area contributed by atoms with E-state index in [1.807, 2.05) is 0 Å². The van der Waals surface area contributed by atoms with E-state index in [2.05, 4.69) is 10.3 Å². The number of aromatic nitrogens is 1. The highest BCUT2D eigenvalue weighted by atomic mass is 19.4. The van der Waals surface area contributed by atoms with Gasteiger partial charge in [-0.3, -0.25) is 0 Å². The Morgan fingerprint density at radius 1 is 1.25 bits per heavy atom. The van der Waals surface area contributed by atoms with E-state index in [0.29, 0.717) is 6.07 Å². The van der Waals surface area contributed by atoms with Crippen molar-refractivity contribution in [3.8, 4) is 0 Å². The fourth-order valence-electron chi connectivity index (χ4n) is 0.927. The lowest BCUT2D eigenvalue weighted by Gasteiger charge is -2.09. The third-order valence-electron chi connectivity index (χ3n) is 1.66. The zero-order valence-electron chi connectivity index (χ0n) is 7.91. The summed E-state index contributed by atoms with van der Waals surface area (Å²) in [4.78, 5) is 3.24. The molecule has 0 aromatic carbocycles. The summed E-state index contributed by atoms with van der Waals surface area (Å²) < 4.78 is 60.9. The molecular weight excluding hydrogens is 233 g/mol. The van der Waals surface area contributed by atoms with E-state index in [4.69, 9.17) is 5.73 Å². The molecule has 0 amide bonds. The fourth-order valence-corrected chi connectivity index (χ4v) is 0.927. The molecule has 8 heteroatoms. The fraction of sp³-hybridized carbons (Fsp3) is 0.375. The van der Waals surface area contributed by atoms with Gasteiger partial charge in [-0.2, -0.15) is 13.2 Å². The number of halogens is 5. The summed E-state index contributed by atoms with van der Waals surface area (Å²) in [6.07, 6.45) is -5.50. The Hall–Kier alpha value is -1.60. The molecule has 1 rings (SSSR count). The molecule has 0 aliphatic rings. The van der Waals surface area contributed by atoms with Crippen molar-refractivity contribution >= 4 is 11.6 Å². The monoisotopic (exact) mass is 241 g/mol. The molecule has 0 fully saturated rings. The topological polar surface area (TPSA) is 50.9 Å². The molecule has 0 bridgehead atoms. The second kappa shape index (κ2) is 4.50. The maximum atomic E-state index is 12.9. The number of nitrogens with two attached hydrogens (primary N) is 1. The number of alkyl halides is 3. The zero-order chi connectivity index (χ0) is 12.3. The van der Waals surface area contributed by atoms with Gasteiger partial charge in [-0.05, 0) is 0 Å². The normalized spacial score (nSPS) is 11.6. The van der Waals surface area contributed by atoms with E-state index >= 15 is 0 Å². The summed E-state index contributed by atoms with van der Waals surface area (Å²) in [5.74, 6) is -3.22. The lowest BCUT2D eigenvalue weighted by atomic mass is 10.3. The summed E-state index contributed by atoms with van der Waals surface area (Å²) in [6.45, 7) is -0.557. The third-order valence-corrected chi connectivity index (χ3v) is 1.66. The van der Waals surface area contributed by atoms with E-state index in [1.54, 1.807) is 0 Å². The predicted molar refractivity (Wildman–Crippen MR) is 47.7 cm³/mol. The first kappa shape index (κ1) is 12.5. The quantitative estimate of drug-likeness (QED) is 0.798. The lowest BCUT2D eigenvalue weighted by molar-refractivity contribution is -0.131. The molecule has 0 unspecified atom stereocenters. The van der Waals surface area contributed by atoms with Gasteiger partial charge < -0.3 is 11.1 Å². The van der Waals surface area contributed by atoms with E-state index in [1.165, 1.54) is 0 Å². The molecule has 0 aliphatic carbocycles. The number of nitrogens with one attached hydrogen (secondary N) is 1. The van der Waals surface area contributed by atoms with Crippen LogP contribution in [0.3, 0.4) is 0 Å². The predicted octanol–water partition coefficient (Wildman–Crippen LogP) is 2.31. The van der Waals surface area contributed by atoms with Crippen LogP contribution in [0.1, 0.15) is 6.42 Å². The van der Waals surface area contributed by atoms with Gasteiger partial charge in [-0.1, -0.05) is 0 Å². The number of anilines is 2. The Balaban J connectivity index is 2.64. The van der Waals surface area contributed by atoms with Crippen LogP contribution >= 0.6 is 0 Å². The van der Waals surface area contributed by atoms with Crippen molar-refractivity contribution in [2.75, 3.05) is 17.6 Å². The van der Waals surface area contributed by atoms with E-state index in [-0.39, 0.29) is 0 Å². The number of nitrogens with zero attached hydrogens (tertiary/aromatic N) is 1. The Morgan fingerprint density at radius 3 is 2.44 bits per heavy atom. The van der Waals surface area contributed by atoms with Gasteiger partial charge >= 0.3 is 6.18 Å². The Kier molecular flexibility index (Phi) is 3.51. The number of hydrogen-bond donors (Lipinski definition) is 2. The summed E-state index contributed by atoms with van der Waals surface area (Å²) in [7, 11) is 0.